The normalized spacial score (nSPS) is 18.5. The number of ether oxygens (including phenoxy) is 1. The van der Waals surface area contributed by atoms with Crippen molar-refractivity contribution in [2.75, 3.05) is 19.7 Å². The molecule has 0 amide bonds. The molecule has 2 heterocycles. The SMILES string of the molecule is Cl.O=C(OCCC1CCCNC1)c1cc(Cl)ccn1. The molecule has 2 rings (SSSR count). The molecule has 19 heavy (non-hydrogen) atoms. The number of nitrogens with one attached hydrogen (secondary N) is 1. The number of rotatable bonds is 4. The molecule has 1 aliphatic heterocycles. The number of nitrogens with zero attached hydrogens (tertiary/aromatic N) is 1. The first kappa shape index (κ1) is 16.2. The van der Waals surface area contributed by atoms with E-state index in [0.29, 0.717) is 17.5 Å². The van der Waals surface area contributed by atoms with Gasteiger partial charge >= 0.3 is 5.97 Å². The minimum absolute atomic E-state index is 0. The molecular formula is C13H18Cl2N2O2. The molecule has 1 fully saturated rings. The van der Waals surface area contributed by atoms with Crippen molar-refractivity contribution in [2.45, 2.75) is 19.3 Å². The highest BCUT2D eigenvalue weighted by atomic mass is 35.5. The van der Waals surface area contributed by atoms with Gasteiger partial charge in [-0.3, -0.25) is 0 Å². The highest BCUT2D eigenvalue weighted by Crippen LogP contribution is 2.14. The Balaban J connectivity index is 0.00000180. The molecule has 1 saturated heterocycles. The van der Waals surface area contributed by atoms with E-state index in [2.05, 4.69) is 10.3 Å². The standard InChI is InChI=1S/C13H17ClN2O2.ClH/c14-11-3-6-16-12(8-11)13(17)18-7-4-10-2-1-5-15-9-10;/h3,6,8,10,15H,1-2,4-5,7,9H2;1H. The van der Waals surface area contributed by atoms with E-state index in [1.54, 1.807) is 6.07 Å². The van der Waals surface area contributed by atoms with Crippen molar-refractivity contribution in [2.24, 2.45) is 5.92 Å². The number of piperidine rings is 1. The molecule has 0 aliphatic carbocycles. The first-order valence-electron chi connectivity index (χ1n) is 6.25. The zero-order valence-electron chi connectivity index (χ0n) is 10.6. The molecule has 0 saturated carbocycles. The molecule has 1 aliphatic rings. The lowest BCUT2D eigenvalue weighted by Crippen LogP contribution is -2.30. The smallest absolute Gasteiger partial charge is 0.356 e. The molecule has 1 atom stereocenters. The van der Waals surface area contributed by atoms with Crippen molar-refractivity contribution in [1.82, 2.24) is 10.3 Å². The van der Waals surface area contributed by atoms with Crippen LogP contribution in [-0.4, -0.2) is 30.6 Å². The van der Waals surface area contributed by atoms with Gasteiger partial charge in [0.25, 0.3) is 0 Å². The number of halogens is 2. The Bertz CT molecular complexity index is 409. The second-order valence-electron chi connectivity index (χ2n) is 4.50. The molecule has 6 heteroatoms. The maximum atomic E-state index is 11.7. The summed E-state index contributed by atoms with van der Waals surface area (Å²) in [6, 6.07) is 3.15. The third-order valence-corrected chi connectivity index (χ3v) is 3.32. The van der Waals surface area contributed by atoms with E-state index in [-0.39, 0.29) is 18.1 Å². The van der Waals surface area contributed by atoms with Crippen LogP contribution in [-0.2, 0) is 4.74 Å². The zero-order chi connectivity index (χ0) is 12.8. The summed E-state index contributed by atoms with van der Waals surface area (Å²) in [5.41, 5.74) is 0.268. The monoisotopic (exact) mass is 304 g/mol. The number of esters is 1. The van der Waals surface area contributed by atoms with Crippen LogP contribution in [0.25, 0.3) is 0 Å². The van der Waals surface area contributed by atoms with Crippen LogP contribution in [0.3, 0.4) is 0 Å². The molecule has 0 radical (unpaired) electrons. The summed E-state index contributed by atoms with van der Waals surface area (Å²) in [4.78, 5) is 15.6. The lowest BCUT2D eigenvalue weighted by atomic mass is 9.97. The predicted octanol–water partition coefficient (Wildman–Crippen LogP) is 2.70. The van der Waals surface area contributed by atoms with E-state index in [0.717, 1.165) is 19.5 Å². The number of pyridine rings is 1. The molecular weight excluding hydrogens is 287 g/mol. The minimum atomic E-state index is -0.402. The molecule has 106 valence electrons. The Kier molecular flexibility index (Phi) is 7.13. The van der Waals surface area contributed by atoms with Crippen LogP contribution < -0.4 is 5.32 Å². The summed E-state index contributed by atoms with van der Waals surface area (Å²) < 4.78 is 5.20. The van der Waals surface area contributed by atoms with Gasteiger partial charge in [0.15, 0.2) is 0 Å². The number of aromatic nitrogens is 1. The maximum absolute atomic E-state index is 11.7. The van der Waals surface area contributed by atoms with Gasteiger partial charge in [0.05, 0.1) is 6.61 Å². The molecule has 1 N–H and O–H groups in total. The van der Waals surface area contributed by atoms with Crippen LogP contribution in [0, 0.1) is 5.92 Å². The van der Waals surface area contributed by atoms with Gasteiger partial charge in [-0.15, -0.1) is 12.4 Å². The summed E-state index contributed by atoms with van der Waals surface area (Å²) in [7, 11) is 0. The van der Waals surface area contributed by atoms with Crippen molar-refractivity contribution in [1.29, 1.82) is 0 Å². The molecule has 1 aromatic rings. The number of hydrogen-bond acceptors (Lipinski definition) is 4. The Hall–Kier alpha value is -0.840. The summed E-state index contributed by atoms with van der Waals surface area (Å²) in [6.07, 6.45) is 4.82. The van der Waals surface area contributed by atoms with Crippen molar-refractivity contribution < 1.29 is 9.53 Å². The highest BCUT2D eigenvalue weighted by Gasteiger charge is 2.14. The van der Waals surface area contributed by atoms with Crippen LogP contribution in [0.5, 0.6) is 0 Å². The van der Waals surface area contributed by atoms with E-state index in [4.69, 9.17) is 16.3 Å². The molecule has 0 spiro atoms. The Morgan fingerprint density at radius 2 is 2.42 bits per heavy atom. The zero-order valence-corrected chi connectivity index (χ0v) is 12.2. The molecule has 1 unspecified atom stereocenters. The van der Waals surface area contributed by atoms with Gasteiger partial charge in [-0.2, -0.15) is 0 Å². The summed E-state index contributed by atoms with van der Waals surface area (Å²) >= 11 is 5.79. The molecule has 0 aromatic carbocycles. The van der Waals surface area contributed by atoms with Crippen LogP contribution in [0.15, 0.2) is 18.3 Å². The Morgan fingerprint density at radius 1 is 1.58 bits per heavy atom. The van der Waals surface area contributed by atoms with Crippen molar-refractivity contribution in [3.8, 4) is 0 Å². The lowest BCUT2D eigenvalue weighted by molar-refractivity contribution is 0.0470. The predicted molar refractivity (Wildman–Crippen MR) is 77.0 cm³/mol. The van der Waals surface area contributed by atoms with E-state index in [1.807, 2.05) is 0 Å². The summed E-state index contributed by atoms with van der Waals surface area (Å²) in [5, 5.41) is 3.84. The fourth-order valence-corrected chi connectivity index (χ4v) is 2.24. The van der Waals surface area contributed by atoms with Gasteiger partial charge in [-0.25, -0.2) is 9.78 Å². The number of carbonyl (C=O) groups excluding carboxylic acids is 1. The van der Waals surface area contributed by atoms with Gasteiger partial charge in [0.2, 0.25) is 0 Å². The molecule has 1 aromatic heterocycles. The quantitative estimate of drug-likeness (QED) is 0.869. The van der Waals surface area contributed by atoms with E-state index in [9.17, 15) is 4.79 Å². The third-order valence-electron chi connectivity index (χ3n) is 3.09. The van der Waals surface area contributed by atoms with Gasteiger partial charge in [-0.05, 0) is 50.4 Å². The minimum Gasteiger partial charge on any atom is -0.461 e. The van der Waals surface area contributed by atoms with Crippen molar-refractivity contribution in [3.63, 3.8) is 0 Å². The first-order chi connectivity index (χ1) is 8.75. The fraction of sp³-hybridized carbons (Fsp3) is 0.538. The van der Waals surface area contributed by atoms with Crippen molar-refractivity contribution in [3.05, 3.63) is 29.0 Å². The number of hydrogen-bond donors (Lipinski definition) is 1. The summed E-state index contributed by atoms with van der Waals surface area (Å²) in [6.45, 7) is 2.56. The summed E-state index contributed by atoms with van der Waals surface area (Å²) in [5.74, 6) is 0.208. The van der Waals surface area contributed by atoms with Crippen LogP contribution in [0.2, 0.25) is 5.02 Å². The van der Waals surface area contributed by atoms with Gasteiger partial charge < -0.3 is 10.1 Å². The Labute approximate surface area is 124 Å². The van der Waals surface area contributed by atoms with Gasteiger partial charge in [-0.1, -0.05) is 11.6 Å². The number of carbonyl (C=O) groups is 1. The fourth-order valence-electron chi connectivity index (χ4n) is 2.08. The Morgan fingerprint density at radius 3 is 3.11 bits per heavy atom. The van der Waals surface area contributed by atoms with Crippen molar-refractivity contribution >= 4 is 30.0 Å². The van der Waals surface area contributed by atoms with E-state index < -0.39 is 5.97 Å². The average Bonchev–Trinajstić information content (AvgIpc) is 2.40. The van der Waals surface area contributed by atoms with E-state index >= 15 is 0 Å². The molecule has 4 nitrogen and oxygen atoms in total. The largest absolute Gasteiger partial charge is 0.461 e. The van der Waals surface area contributed by atoms with Crippen LogP contribution in [0.4, 0.5) is 0 Å². The van der Waals surface area contributed by atoms with Gasteiger partial charge in [0.1, 0.15) is 5.69 Å². The van der Waals surface area contributed by atoms with E-state index in [1.165, 1.54) is 25.1 Å². The van der Waals surface area contributed by atoms with Crippen LogP contribution in [0.1, 0.15) is 29.8 Å². The second-order valence-corrected chi connectivity index (χ2v) is 4.93. The third kappa shape index (κ3) is 5.35. The molecule has 0 bridgehead atoms. The topological polar surface area (TPSA) is 51.2 Å². The maximum Gasteiger partial charge on any atom is 0.356 e. The first-order valence-corrected chi connectivity index (χ1v) is 6.63. The average molecular weight is 305 g/mol. The van der Waals surface area contributed by atoms with Gasteiger partial charge in [0, 0.05) is 11.2 Å². The lowest BCUT2D eigenvalue weighted by Gasteiger charge is -2.22. The van der Waals surface area contributed by atoms with Crippen LogP contribution >= 0.6 is 24.0 Å². The highest BCUT2D eigenvalue weighted by molar-refractivity contribution is 6.30. The second kappa shape index (κ2) is 8.35.